The Balaban J connectivity index is 2.03. The van der Waals surface area contributed by atoms with Gasteiger partial charge in [-0.3, -0.25) is 4.79 Å². The van der Waals surface area contributed by atoms with E-state index in [0.717, 1.165) is 34.5 Å². The maximum Gasteiger partial charge on any atom is 0.270 e. The fourth-order valence-electron chi connectivity index (χ4n) is 2.99. The van der Waals surface area contributed by atoms with E-state index >= 15 is 0 Å². The van der Waals surface area contributed by atoms with Gasteiger partial charge in [0.05, 0.1) is 11.4 Å². The molecule has 2 aromatic carbocycles. The van der Waals surface area contributed by atoms with Crippen molar-refractivity contribution < 1.29 is 4.79 Å². The third kappa shape index (κ3) is 4.45. The summed E-state index contributed by atoms with van der Waals surface area (Å²) in [4.78, 5) is 12.9. The number of nitrogens with one attached hydrogen (secondary N) is 1. The highest BCUT2D eigenvalue weighted by Crippen LogP contribution is 2.24. The Hall–Kier alpha value is -2.88. The first-order chi connectivity index (χ1) is 13.0. The molecule has 140 valence electrons. The summed E-state index contributed by atoms with van der Waals surface area (Å²) < 4.78 is 1.77. The van der Waals surface area contributed by atoms with Gasteiger partial charge in [-0.1, -0.05) is 56.3 Å². The second kappa shape index (κ2) is 8.21. The third-order valence-electron chi connectivity index (χ3n) is 4.61. The summed E-state index contributed by atoms with van der Waals surface area (Å²) in [5.41, 5.74) is 5.51. The van der Waals surface area contributed by atoms with Crippen molar-refractivity contribution in [1.29, 1.82) is 0 Å². The predicted octanol–water partition coefficient (Wildman–Crippen LogP) is 4.93. The molecule has 4 nitrogen and oxygen atoms in total. The molecule has 1 N–H and O–H groups in total. The van der Waals surface area contributed by atoms with Crippen LogP contribution in [0.2, 0.25) is 0 Å². The molecule has 0 atom stereocenters. The van der Waals surface area contributed by atoms with Crippen LogP contribution in [0.4, 0.5) is 0 Å². The highest BCUT2D eigenvalue weighted by atomic mass is 16.2. The fourth-order valence-corrected chi connectivity index (χ4v) is 2.99. The Bertz CT molecular complexity index is 926. The van der Waals surface area contributed by atoms with Gasteiger partial charge in [-0.15, -0.1) is 0 Å². The second-order valence-corrected chi connectivity index (χ2v) is 7.42. The Labute approximate surface area is 161 Å². The van der Waals surface area contributed by atoms with Gasteiger partial charge in [0.2, 0.25) is 0 Å². The van der Waals surface area contributed by atoms with Crippen LogP contribution in [0.3, 0.4) is 0 Å². The van der Waals surface area contributed by atoms with Crippen LogP contribution in [-0.2, 0) is 0 Å². The van der Waals surface area contributed by atoms with E-state index in [1.54, 1.807) is 4.68 Å². The van der Waals surface area contributed by atoms with E-state index in [0.29, 0.717) is 18.2 Å². The van der Waals surface area contributed by atoms with Crippen molar-refractivity contribution in [2.24, 2.45) is 5.92 Å². The van der Waals surface area contributed by atoms with Crippen molar-refractivity contribution in [3.63, 3.8) is 0 Å². The van der Waals surface area contributed by atoms with Crippen molar-refractivity contribution in [1.82, 2.24) is 15.1 Å². The SMILES string of the molecule is Cc1ccc(C)c(-n2nc(-c3ccccc3)cc2C(=O)NCCC(C)C)c1. The first-order valence-corrected chi connectivity index (χ1v) is 9.47. The highest BCUT2D eigenvalue weighted by Gasteiger charge is 2.18. The Kier molecular flexibility index (Phi) is 5.75. The molecular formula is C23H27N3O. The number of aryl methyl sites for hydroxylation is 2. The lowest BCUT2D eigenvalue weighted by molar-refractivity contribution is 0.0944. The molecule has 0 saturated heterocycles. The van der Waals surface area contributed by atoms with Gasteiger partial charge in [0.25, 0.3) is 5.91 Å². The second-order valence-electron chi connectivity index (χ2n) is 7.42. The predicted molar refractivity (Wildman–Crippen MR) is 110 cm³/mol. The lowest BCUT2D eigenvalue weighted by Gasteiger charge is -2.12. The zero-order valence-electron chi connectivity index (χ0n) is 16.5. The highest BCUT2D eigenvalue weighted by molar-refractivity contribution is 5.94. The zero-order valence-corrected chi connectivity index (χ0v) is 16.5. The topological polar surface area (TPSA) is 46.9 Å². The van der Waals surface area contributed by atoms with Crippen molar-refractivity contribution in [3.05, 3.63) is 71.4 Å². The molecule has 4 heteroatoms. The van der Waals surface area contributed by atoms with E-state index in [1.807, 2.05) is 50.2 Å². The standard InChI is InChI=1S/C23H27N3O/c1-16(2)12-13-24-23(27)22-15-20(19-8-6-5-7-9-19)25-26(22)21-14-17(3)10-11-18(21)4/h5-11,14-16H,12-13H2,1-4H3,(H,24,27). The molecule has 1 amide bonds. The zero-order chi connectivity index (χ0) is 19.4. The molecule has 0 bridgehead atoms. The van der Waals surface area contributed by atoms with Crippen LogP contribution in [0.1, 0.15) is 41.9 Å². The largest absolute Gasteiger partial charge is 0.351 e. The maximum absolute atomic E-state index is 12.9. The van der Waals surface area contributed by atoms with Crippen LogP contribution in [0.5, 0.6) is 0 Å². The maximum atomic E-state index is 12.9. The lowest BCUT2D eigenvalue weighted by atomic mass is 10.1. The molecule has 1 aromatic heterocycles. The van der Waals surface area contributed by atoms with Gasteiger partial charge >= 0.3 is 0 Å². The first-order valence-electron chi connectivity index (χ1n) is 9.47. The van der Waals surface area contributed by atoms with E-state index in [1.165, 1.54) is 0 Å². The van der Waals surface area contributed by atoms with Crippen LogP contribution in [0, 0.1) is 19.8 Å². The van der Waals surface area contributed by atoms with Gasteiger partial charge in [-0.25, -0.2) is 4.68 Å². The summed E-state index contributed by atoms with van der Waals surface area (Å²) in [5, 5.41) is 7.81. The molecule has 0 saturated carbocycles. The van der Waals surface area contributed by atoms with Gasteiger partial charge in [0.1, 0.15) is 5.69 Å². The Morgan fingerprint density at radius 1 is 1.07 bits per heavy atom. The van der Waals surface area contributed by atoms with Gasteiger partial charge < -0.3 is 5.32 Å². The van der Waals surface area contributed by atoms with Crippen molar-refractivity contribution in [3.8, 4) is 16.9 Å². The van der Waals surface area contributed by atoms with Crippen LogP contribution in [0.25, 0.3) is 16.9 Å². The number of rotatable bonds is 6. The number of hydrogen-bond donors (Lipinski definition) is 1. The summed E-state index contributed by atoms with van der Waals surface area (Å²) in [7, 11) is 0. The minimum absolute atomic E-state index is 0.0914. The van der Waals surface area contributed by atoms with Crippen molar-refractivity contribution in [2.75, 3.05) is 6.54 Å². The molecular weight excluding hydrogens is 334 g/mol. The van der Waals surface area contributed by atoms with E-state index in [2.05, 4.69) is 37.4 Å². The van der Waals surface area contributed by atoms with Gasteiger partial charge in [-0.05, 0) is 49.4 Å². The molecule has 0 aliphatic rings. The summed E-state index contributed by atoms with van der Waals surface area (Å²) in [6.45, 7) is 9.06. The summed E-state index contributed by atoms with van der Waals surface area (Å²) >= 11 is 0. The number of amides is 1. The molecule has 27 heavy (non-hydrogen) atoms. The average Bonchev–Trinajstić information content (AvgIpc) is 3.09. The summed E-state index contributed by atoms with van der Waals surface area (Å²) in [5.74, 6) is 0.459. The molecule has 0 spiro atoms. The number of carbonyl (C=O) groups is 1. The summed E-state index contributed by atoms with van der Waals surface area (Å²) in [6, 6.07) is 18.0. The molecule has 0 fully saturated rings. The van der Waals surface area contributed by atoms with Gasteiger partial charge in [0, 0.05) is 12.1 Å². The molecule has 3 aromatic rings. The monoisotopic (exact) mass is 361 g/mol. The van der Waals surface area contributed by atoms with Gasteiger partial charge in [-0.2, -0.15) is 5.10 Å². The molecule has 0 aliphatic heterocycles. The third-order valence-corrected chi connectivity index (χ3v) is 4.61. The van der Waals surface area contributed by atoms with Crippen LogP contribution < -0.4 is 5.32 Å². The van der Waals surface area contributed by atoms with Gasteiger partial charge in [0.15, 0.2) is 0 Å². The van der Waals surface area contributed by atoms with E-state index < -0.39 is 0 Å². The van der Waals surface area contributed by atoms with Crippen molar-refractivity contribution in [2.45, 2.75) is 34.1 Å². The molecule has 3 rings (SSSR count). The quantitative estimate of drug-likeness (QED) is 0.676. The average molecular weight is 361 g/mol. The number of carbonyl (C=O) groups excluding carboxylic acids is 1. The minimum Gasteiger partial charge on any atom is -0.351 e. The fraction of sp³-hybridized carbons (Fsp3) is 0.304. The number of nitrogens with zero attached hydrogens (tertiary/aromatic N) is 2. The number of aromatic nitrogens is 2. The number of benzene rings is 2. The minimum atomic E-state index is -0.0914. The lowest BCUT2D eigenvalue weighted by Crippen LogP contribution is -2.27. The van der Waals surface area contributed by atoms with E-state index in [-0.39, 0.29) is 5.91 Å². The molecule has 0 aliphatic carbocycles. The van der Waals surface area contributed by atoms with E-state index in [9.17, 15) is 4.79 Å². The smallest absolute Gasteiger partial charge is 0.270 e. The van der Waals surface area contributed by atoms with E-state index in [4.69, 9.17) is 5.10 Å². The van der Waals surface area contributed by atoms with Crippen LogP contribution in [-0.4, -0.2) is 22.2 Å². The first kappa shape index (κ1) is 18.9. The molecule has 1 heterocycles. The Morgan fingerprint density at radius 2 is 1.81 bits per heavy atom. The molecule has 0 radical (unpaired) electrons. The normalized spacial score (nSPS) is 11.0. The van der Waals surface area contributed by atoms with Crippen molar-refractivity contribution >= 4 is 5.91 Å². The summed E-state index contributed by atoms with van der Waals surface area (Å²) in [6.07, 6.45) is 0.953. The Morgan fingerprint density at radius 3 is 2.52 bits per heavy atom. The molecule has 0 unspecified atom stereocenters. The number of hydrogen-bond acceptors (Lipinski definition) is 2. The van der Waals surface area contributed by atoms with Crippen LogP contribution in [0.15, 0.2) is 54.6 Å². The van der Waals surface area contributed by atoms with Crippen LogP contribution >= 0.6 is 0 Å².